The van der Waals surface area contributed by atoms with Crippen LogP contribution in [0.5, 0.6) is 0 Å². The number of morpholine rings is 1. The maximum atomic E-state index is 7.48. The lowest BCUT2D eigenvalue weighted by Gasteiger charge is -2.32. The summed E-state index contributed by atoms with van der Waals surface area (Å²) >= 11 is 0. The molecule has 2 aliphatic heterocycles. The predicted molar refractivity (Wildman–Crippen MR) is 67.9 cm³/mol. The van der Waals surface area contributed by atoms with Crippen molar-refractivity contribution in [1.82, 2.24) is 9.97 Å². The Kier molecular flexibility index (Phi) is 2.66. The molecule has 2 aliphatic rings. The van der Waals surface area contributed by atoms with E-state index in [0.717, 1.165) is 31.6 Å². The zero-order chi connectivity index (χ0) is 12.7. The molecule has 0 saturated carbocycles. The summed E-state index contributed by atoms with van der Waals surface area (Å²) in [5.41, 5.74) is 6.83. The molecule has 0 spiro atoms. The number of fused-ring (bicyclic) bond motifs is 2. The van der Waals surface area contributed by atoms with E-state index >= 15 is 0 Å². The molecule has 0 aliphatic carbocycles. The fraction of sp³-hybridized carbons (Fsp3) is 0.583. The number of ether oxygens (including phenoxy) is 1. The first-order valence-corrected chi connectivity index (χ1v) is 6.22. The van der Waals surface area contributed by atoms with Crippen molar-refractivity contribution in [2.45, 2.75) is 32.0 Å². The highest BCUT2D eigenvalue weighted by Crippen LogP contribution is 2.28. The largest absolute Gasteiger partial charge is 0.382 e. The summed E-state index contributed by atoms with van der Waals surface area (Å²) in [7, 11) is 0. The number of nitrogens with zero attached hydrogens (tertiary/aromatic N) is 3. The van der Waals surface area contributed by atoms with Crippen molar-refractivity contribution in [2.24, 2.45) is 5.73 Å². The minimum absolute atomic E-state index is 0.0158. The molecule has 18 heavy (non-hydrogen) atoms. The van der Waals surface area contributed by atoms with Crippen LogP contribution in [0.4, 0.5) is 5.95 Å². The highest BCUT2D eigenvalue weighted by atomic mass is 16.5. The molecule has 96 valence electrons. The van der Waals surface area contributed by atoms with Gasteiger partial charge in [0.1, 0.15) is 11.5 Å². The number of hydrogen-bond donors (Lipinski definition) is 2. The van der Waals surface area contributed by atoms with E-state index in [-0.39, 0.29) is 5.84 Å². The molecule has 1 aromatic heterocycles. The second-order valence-electron chi connectivity index (χ2n) is 4.97. The third kappa shape index (κ3) is 2.03. The molecule has 6 heteroatoms. The molecule has 3 heterocycles. The summed E-state index contributed by atoms with van der Waals surface area (Å²) in [6, 6.07) is 1.74. The Morgan fingerprint density at radius 2 is 2.06 bits per heavy atom. The van der Waals surface area contributed by atoms with E-state index in [1.165, 1.54) is 0 Å². The smallest absolute Gasteiger partial charge is 0.226 e. The van der Waals surface area contributed by atoms with Crippen LogP contribution in [0.25, 0.3) is 0 Å². The normalized spacial score (nSPS) is 26.4. The number of anilines is 1. The second-order valence-corrected chi connectivity index (χ2v) is 4.97. The van der Waals surface area contributed by atoms with E-state index in [4.69, 9.17) is 15.9 Å². The molecule has 0 radical (unpaired) electrons. The Hall–Kier alpha value is -1.69. The van der Waals surface area contributed by atoms with Gasteiger partial charge in [-0.2, -0.15) is 0 Å². The summed E-state index contributed by atoms with van der Waals surface area (Å²) in [5.74, 6) is 0.651. The fourth-order valence-electron chi connectivity index (χ4n) is 2.61. The molecule has 2 unspecified atom stereocenters. The minimum atomic E-state index is -0.0158. The van der Waals surface area contributed by atoms with Crippen molar-refractivity contribution in [3.63, 3.8) is 0 Å². The summed E-state index contributed by atoms with van der Waals surface area (Å²) in [4.78, 5) is 11.0. The number of aryl methyl sites for hydroxylation is 1. The van der Waals surface area contributed by atoms with Gasteiger partial charge in [-0.1, -0.05) is 0 Å². The Balaban J connectivity index is 1.89. The van der Waals surface area contributed by atoms with Crippen molar-refractivity contribution >= 4 is 11.8 Å². The van der Waals surface area contributed by atoms with Crippen LogP contribution in [-0.4, -0.2) is 41.1 Å². The molecule has 2 fully saturated rings. The minimum Gasteiger partial charge on any atom is -0.382 e. The molecule has 3 N–H and O–H groups in total. The van der Waals surface area contributed by atoms with Crippen LogP contribution in [0.2, 0.25) is 0 Å². The van der Waals surface area contributed by atoms with Gasteiger partial charge in [0.15, 0.2) is 0 Å². The lowest BCUT2D eigenvalue weighted by Crippen LogP contribution is -2.43. The number of aromatic nitrogens is 2. The Morgan fingerprint density at radius 1 is 1.39 bits per heavy atom. The van der Waals surface area contributed by atoms with E-state index in [0.29, 0.717) is 23.9 Å². The van der Waals surface area contributed by atoms with Crippen LogP contribution in [0.15, 0.2) is 6.07 Å². The standard InChI is InChI=1S/C12H17N5O/c1-7-4-10(11(13)14)16-12(15-7)17-5-8-2-3-9(6-17)18-8/h4,8-9H,2-3,5-6H2,1H3,(H3,13,14). The maximum Gasteiger partial charge on any atom is 0.226 e. The van der Waals surface area contributed by atoms with Gasteiger partial charge in [-0.3, -0.25) is 5.41 Å². The monoisotopic (exact) mass is 247 g/mol. The van der Waals surface area contributed by atoms with Gasteiger partial charge in [-0.15, -0.1) is 0 Å². The summed E-state index contributed by atoms with van der Waals surface area (Å²) in [5, 5.41) is 7.48. The molecule has 2 bridgehead atoms. The molecule has 0 aromatic carbocycles. The van der Waals surface area contributed by atoms with E-state index in [2.05, 4.69) is 14.9 Å². The van der Waals surface area contributed by atoms with E-state index in [9.17, 15) is 0 Å². The Morgan fingerprint density at radius 3 is 2.67 bits per heavy atom. The Bertz CT molecular complexity index is 477. The van der Waals surface area contributed by atoms with Crippen molar-refractivity contribution in [2.75, 3.05) is 18.0 Å². The Labute approximate surface area is 106 Å². The van der Waals surface area contributed by atoms with Gasteiger partial charge in [0.2, 0.25) is 5.95 Å². The number of hydrogen-bond acceptors (Lipinski definition) is 5. The van der Waals surface area contributed by atoms with Crippen molar-refractivity contribution in [3.8, 4) is 0 Å². The van der Waals surface area contributed by atoms with Crippen LogP contribution in [0, 0.1) is 12.3 Å². The average Bonchev–Trinajstić information content (AvgIpc) is 2.67. The van der Waals surface area contributed by atoms with E-state index in [1.54, 1.807) is 6.07 Å². The van der Waals surface area contributed by atoms with Gasteiger partial charge < -0.3 is 15.4 Å². The summed E-state index contributed by atoms with van der Waals surface area (Å²) in [6.45, 7) is 3.56. The van der Waals surface area contributed by atoms with Gasteiger partial charge in [-0.05, 0) is 25.8 Å². The molecule has 2 saturated heterocycles. The van der Waals surface area contributed by atoms with Crippen LogP contribution in [0.3, 0.4) is 0 Å². The van der Waals surface area contributed by atoms with Gasteiger partial charge in [0.05, 0.1) is 12.2 Å². The number of nitrogens with two attached hydrogens (primary N) is 1. The maximum absolute atomic E-state index is 7.48. The first kappa shape index (κ1) is 11.4. The fourth-order valence-corrected chi connectivity index (χ4v) is 2.61. The van der Waals surface area contributed by atoms with E-state index < -0.39 is 0 Å². The average molecular weight is 247 g/mol. The SMILES string of the molecule is Cc1cc(C(=N)N)nc(N2CC3CCC(C2)O3)n1. The molecular weight excluding hydrogens is 230 g/mol. The third-order valence-electron chi connectivity index (χ3n) is 3.44. The van der Waals surface area contributed by atoms with Gasteiger partial charge in [0, 0.05) is 18.8 Å². The molecular formula is C12H17N5O. The highest BCUT2D eigenvalue weighted by molar-refractivity contribution is 5.93. The first-order chi connectivity index (χ1) is 8.61. The molecule has 2 atom stereocenters. The van der Waals surface area contributed by atoms with Crippen molar-refractivity contribution in [3.05, 3.63) is 17.5 Å². The molecule has 0 amide bonds. The van der Waals surface area contributed by atoms with E-state index in [1.807, 2.05) is 6.92 Å². The summed E-state index contributed by atoms with van der Waals surface area (Å²) in [6.07, 6.45) is 2.83. The van der Waals surface area contributed by atoms with Crippen LogP contribution < -0.4 is 10.6 Å². The first-order valence-electron chi connectivity index (χ1n) is 6.22. The lowest BCUT2D eigenvalue weighted by atomic mass is 10.2. The van der Waals surface area contributed by atoms with Gasteiger partial charge in [0.25, 0.3) is 0 Å². The topological polar surface area (TPSA) is 88.1 Å². The molecule has 6 nitrogen and oxygen atoms in total. The second kappa shape index (κ2) is 4.20. The lowest BCUT2D eigenvalue weighted by molar-refractivity contribution is 0.0299. The quantitative estimate of drug-likeness (QED) is 0.584. The van der Waals surface area contributed by atoms with Crippen LogP contribution in [0.1, 0.15) is 24.2 Å². The van der Waals surface area contributed by atoms with Crippen LogP contribution >= 0.6 is 0 Å². The number of nitrogens with one attached hydrogen (secondary N) is 1. The van der Waals surface area contributed by atoms with Gasteiger partial charge in [-0.25, -0.2) is 9.97 Å². The van der Waals surface area contributed by atoms with Crippen LogP contribution in [-0.2, 0) is 4.74 Å². The molecule has 1 aromatic rings. The number of amidine groups is 1. The third-order valence-corrected chi connectivity index (χ3v) is 3.44. The zero-order valence-corrected chi connectivity index (χ0v) is 10.4. The highest BCUT2D eigenvalue weighted by Gasteiger charge is 2.34. The predicted octanol–water partition coefficient (Wildman–Crippen LogP) is 0.437. The molecule has 3 rings (SSSR count). The number of nitrogen functional groups attached to an aromatic ring is 1. The van der Waals surface area contributed by atoms with Crippen molar-refractivity contribution < 1.29 is 4.74 Å². The zero-order valence-electron chi connectivity index (χ0n) is 10.4. The van der Waals surface area contributed by atoms with Gasteiger partial charge >= 0.3 is 0 Å². The van der Waals surface area contributed by atoms with Crippen molar-refractivity contribution in [1.29, 1.82) is 5.41 Å². The summed E-state index contributed by atoms with van der Waals surface area (Å²) < 4.78 is 5.79. The number of rotatable bonds is 2.